The number of aliphatic hydroxyl groups excluding tert-OH is 1. The number of amides is 1. The van der Waals surface area contributed by atoms with Gasteiger partial charge in [-0.15, -0.1) is 11.3 Å². The lowest BCUT2D eigenvalue weighted by atomic mass is 10.1. The number of aromatic nitrogens is 1. The second kappa shape index (κ2) is 7.47. The Balaban J connectivity index is 1.59. The number of hydrogen-bond acceptors (Lipinski definition) is 5. The summed E-state index contributed by atoms with van der Waals surface area (Å²) in [5.41, 5.74) is 2.93. The Morgan fingerprint density at radius 3 is 2.87 bits per heavy atom. The third-order valence-corrected chi connectivity index (χ3v) is 6.05. The van der Waals surface area contributed by atoms with Crippen LogP contribution in [0.5, 0.6) is 0 Å². The second-order valence-electron chi connectivity index (χ2n) is 5.79. The summed E-state index contributed by atoms with van der Waals surface area (Å²) in [6, 6.07) is 7.76. The van der Waals surface area contributed by atoms with Gasteiger partial charge in [-0.25, -0.2) is 4.98 Å². The number of aryl methyl sites for hydroxylation is 1. The largest absolute Gasteiger partial charge is 0.391 e. The zero-order valence-corrected chi connectivity index (χ0v) is 14.7. The predicted molar refractivity (Wildman–Crippen MR) is 94.0 cm³/mol. The Labute approximate surface area is 144 Å². The molecule has 1 aliphatic rings. The number of hydrogen-bond donors (Lipinski definition) is 1. The second-order valence-corrected chi connectivity index (χ2v) is 7.87. The first kappa shape index (κ1) is 16.5. The van der Waals surface area contributed by atoms with Crippen LogP contribution in [-0.2, 0) is 5.75 Å². The van der Waals surface area contributed by atoms with E-state index in [1.54, 1.807) is 28.0 Å². The first-order valence-corrected chi connectivity index (χ1v) is 9.59. The molecule has 1 aromatic heterocycles. The van der Waals surface area contributed by atoms with E-state index in [9.17, 15) is 9.90 Å². The molecule has 2 heterocycles. The maximum Gasteiger partial charge on any atom is 0.253 e. The van der Waals surface area contributed by atoms with Crippen LogP contribution >= 0.6 is 23.1 Å². The van der Waals surface area contributed by atoms with Gasteiger partial charge < -0.3 is 10.0 Å². The number of rotatable bonds is 4. The standard InChI is InChI=1S/C17H20N2O2S2/c1-12-10-22-17(18-12)23-11-13-4-6-14(7-5-13)16(21)19-8-2-3-15(20)9-19/h4-7,10,15,20H,2-3,8-9,11H2,1H3. The van der Waals surface area contributed by atoms with Crippen LogP contribution in [0.2, 0.25) is 0 Å². The van der Waals surface area contributed by atoms with Gasteiger partial charge in [-0.05, 0) is 37.5 Å². The molecular formula is C17H20N2O2S2. The molecule has 1 atom stereocenters. The summed E-state index contributed by atoms with van der Waals surface area (Å²) in [5, 5.41) is 11.8. The van der Waals surface area contributed by atoms with Crippen molar-refractivity contribution in [3.8, 4) is 0 Å². The highest BCUT2D eigenvalue weighted by Gasteiger charge is 2.22. The molecule has 122 valence electrons. The molecule has 1 fully saturated rings. The average Bonchev–Trinajstić information content (AvgIpc) is 2.98. The monoisotopic (exact) mass is 348 g/mol. The lowest BCUT2D eigenvalue weighted by Gasteiger charge is -2.30. The molecule has 1 saturated heterocycles. The summed E-state index contributed by atoms with van der Waals surface area (Å²) >= 11 is 3.38. The summed E-state index contributed by atoms with van der Waals surface area (Å²) in [4.78, 5) is 18.6. The van der Waals surface area contributed by atoms with Gasteiger partial charge in [0.05, 0.1) is 6.10 Å². The van der Waals surface area contributed by atoms with Gasteiger partial charge in [0.2, 0.25) is 0 Å². The highest BCUT2D eigenvalue weighted by Crippen LogP contribution is 2.26. The summed E-state index contributed by atoms with van der Waals surface area (Å²) < 4.78 is 1.07. The molecule has 0 spiro atoms. The normalized spacial score (nSPS) is 18.2. The lowest BCUT2D eigenvalue weighted by molar-refractivity contribution is 0.0474. The van der Waals surface area contributed by atoms with Crippen molar-refractivity contribution in [3.63, 3.8) is 0 Å². The number of likely N-dealkylation sites (tertiary alicyclic amines) is 1. The number of thioether (sulfide) groups is 1. The van der Waals surface area contributed by atoms with E-state index < -0.39 is 0 Å². The van der Waals surface area contributed by atoms with Gasteiger partial charge in [0.15, 0.2) is 0 Å². The van der Waals surface area contributed by atoms with Crippen LogP contribution < -0.4 is 0 Å². The van der Waals surface area contributed by atoms with Crippen molar-refractivity contribution in [2.45, 2.75) is 36.0 Å². The number of piperidine rings is 1. The Morgan fingerprint density at radius 2 is 2.22 bits per heavy atom. The molecule has 1 aromatic carbocycles. The number of benzene rings is 1. The fourth-order valence-corrected chi connectivity index (χ4v) is 4.41. The molecule has 1 amide bonds. The van der Waals surface area contributed by atoms with Crippen LogP contribution in [0.15, 0.2) is 34.0 Å². The minimum absolute atomic E-state index is 0.0125. The first-order chi connectivity index (χ1) is 11.1. The highest BCUT2D eigenvalue weighted by molar-refractivity contribution is 8.00. The molecule has 0 bridgehead atoms. The van der Waals surface area contributed by atoms with Gasteiger partial charge in [-0.3, -0.25) is 4.79 Å². The van der Waals surface area contributed by atoms with E-state index in [2.05, 4.69) is 10.4 Å². The van der Waals surface area contributed by atoms with Crippen molar-refractivity contribution in [3.05, 3.63) is 46.5 Å². The van der Waals surface area contributed by atoms with Crippen LogP contribution in [0.3, 0.4) is 0 Å². The summed E-state index contributed by atoms with van der Waals surface area (Å²) in [6.07, 6.45) is 1.27. The number of nitrogens with zero attached hydrogens (tertiary/aromatic N) is 2. The van der Waals surface area contributed by atoms with Crippen molar-refractivity contribution < 1.29 is 9.90 Å². The number of aliphatic hydroxyl groups is 1. The molecule has 2 aromatic rings. The molecule has 3 rings (SSSR count). The number of thiazole rings is 1. The van der Waals surface area contributed by atoms with E-state index in [-0.39, 0.29) is 12.0 Å². The minimum atomic E-state index is -0.384. The average molecular weight is 348 g/mol. The van der Waals surface area contributed by atoms with E-state index in [4.69, 9.17) is 0 Å². The van der Waals surface area contributed by atoms with Crippen molar-refractivity contribution >= 4 is 29.0 Å². The topological polar surface area (TPSA) is 53.4 Å². The third kappa shape index (κ3) is 4.34. The van der Waals surface area contributed by atoms with Gasteiger partial charge in [0.1, 0.15) is 4.34 Å². The summed E-state index contributed by atoms with van der Waals surface area (Å²) in [7, 11) is 0. The first-order valence-electron chi connectivity index (χ1n) is 7.73. The van der Waals surface area contributed by atoms with Crippen LogP contribution in [0.25, 0.3) is 0 Å². The highest BCUT2D eigenvalue weighted by atomic mass is 32.2. The molecule has 1 unspecified atom stereocenters. The van der Waals surface area contributed by atoms with E-state index >= 15 is 0 Å². The molecule has 0 saturated carbocycles. The fourth-order valence-electron chi connectivity index (χ4n) is 2.61. The minimum Gasteiger partial charge on any atom is -0.391 e. The van der Waals surface area contributed by atoms with Crippen LogP contribution in [0.1, 0.15) is 34.5 Å². The van der Waals surface area contributed by atoms with Gasteiger partial charge >= 0.3 is 0 Å². The Hall–Kier alpha value is -1.37. The SMILES string of the molecule is Cc1csc(SCc2ccc(C(=O)N3CCCC(O)C3)cc2)n1. The quantitative estimate of drug-likeness (QED) is 0.861. The van der Waals surface area contributed by atoms with Crippen molar-refractivity contribution in [2.75, 3.05) is 13.1 Å². The van der Waals surface area contributed by atoms with Crippen LogP contribution in [-0.4, -0.2) is 40.1 Å². The Kier molecular flexibility index (Phi) is 5.35. The van der Waals surface area contributed by atoms with Crippen LogP contribution in [0.4, 0.5) is 0 Å². The number of carbonyl (C=O) groups is 1. The van der Waals surface area contributed by atoms with Crippen LogP contribution in [0, 0.1) is 6.92 Å². The smallest absolute Gasteiger partial charge is 0.253 e. The van der Waals surface area contributed by atoms with Gasteiger partial charge in [0.25, 0.3) is 5.91 Å². The molecule has 1 N–H and O–H groups in total. The maximum atomic E-state index is 12.4. The molecular weight excluding hydrogens is 328 g/mol. The van der Waals surface area contributed by atoms with Gasteiger partial charge in [-0.2, -0.15) is 0 Å². The van der Waals surface area contributed by atoms with Gasteiger partial charge in [0, 0.05) is 35.5 Å². The fraction of sp³-hybridized carbons (Fsp3) is 0.412. The van der Waals surface area contributed by atoms with Gasteiger partial charge in [-0.1, -0.05) is 23.9 Å². The van der Waals surface area contributed by atoms with E-state index in [1.807, 2.05) is 31.2 Å². The van der Waals surface area contributed by atoms with Crippen molar-refractivity contribution in [1.82, 2.24) is 9.88 Å². The lowest BCUT2D eigenvalue weighted by Crippen LogP contribution is -2.42. The summed E-state index contributed by atoms with van der Waals surface area (Å²) in [5.74, 6) is 0.864. The number of carbonyl (C=O) groups excluding carboxylic acids is 1. The summed E-state index contributed by atoms with van der Waals surface area (Å²) in [6.45, 7) is 3.18. The molecule has 4 nitrogen and oxygen atoms in total. The number of β-amino-alcohol motifs (C(OH)–C–C–N with tert-alkyl or cyclic N) is 1. The van der Waals surface area contributed by atoms with E-state index in [0.717, 1.165) is 35.2 Å². The molecule has 23 heavy (non-hydrogen) atoms. The Morgan fingerprint density at radius 1 is 1.43 bits per heavy atom. The molecule has 1 aliphatic heterocycles. The van der Waals surface area contributed by atoms with E-state index in [0.29, 0.717) is 12.1 Å². The maximum absolute atomic E-state index is 12.4. The Bertz CT molecular complexity index is 669. The molecule has 0 aliphatic carbocycles. The van der Waals surface area contributed by atoms with Crippen molar-refractivity contribution in [2.24, 2.45) is 0 Å². The predicted octanol–water partition coefficient (Wildman–Crippen LogP) is 3.34. The van der Waals surface area contributed by atoms with Crippen molar-refractivity contribution in [1.29, 1.82) is 0 Å². The zero-order valence-electron chi connectivity index (χ0n) is 13.1. The molecule has 0 radical (unpaired) electrons. The zero-order chi connectivity index (χ0) is 16.2. The molecule has 6 heteroatoms. The third-order valence-electron chi connectivity index (χ3n) is 3.84. The van der Waals surface area contributed by atoms with E-state index in [1.165, 1.54) is 5.56 Å².